The second kappa shape index (κ2) is 7.07. The number of nitrogens with one attached hydrogen (secondary N) is 1. The van der Waals surface area contributed by atoms with Gasteiger partial charge in [-0.1, -0.05) is 30.3 Å². The first kappa shape index (κ1) is 15.8. The average molecular weight is 349 g/mol. The fourth-order valence-corrected chi connectivity index (χ4v) is 3.76. The van der Waals surface area contributed by atoms with Crippen molar-refractivity contribution < 1.29 is 4.79 Å². The molecule has 2 aromatic carbocycles. The fraction of sp³-hybridized carbons (Fsp3) is 0.200. The summed E-state index contributed by atoms with van der Waals surface area (Å²) in [6, 6.07) is 17.7. The lowest BCUT2D eigenvalue weighted by Gasteiger charge is -2.17. The van der Waals surface area contributed by atoms with E-state index >= 15 is 0 Å². The van der Waals surface area contributed by atoms with Crippen LogP contribution in [-0.2, 0) is 0 Å². The predicted molar refractivity (Wildman–Crippen MR) is 103 cm³/mol. The van der Waals surface area contributed by atoms with E-state index in [1.54, 1.807) is 12.1 Å². The molecule has 25 heavy (non-hydrogen) atoms. The maximum atomic E-state index is 12.2. The normalized spacial score (nSPS) is 13.8. The molecule has 0 aliphatic carbocycles. The van der Waals surface area contributed by atoms with E-state index < -0.39 is 0 Å². The minimum Gasteiger partial charge on any atom is -0.372 e. The summed E-state index contributed by atoms with van der Waals surface area (Å²) < 4.78 is 0. The third-order valence-electron chi connectivity index (χ3n) is 4.39. The summed E-state index contributed by atoms with van der Waals surface area (Å²) in [6.45, 7) is 2.29. The first-order valence-corrected chi connectivity index (χ1v) is 9.35. The Labute approximate surface area is 151 Å². The Morgan fingerprint density at radius 2 is 1.72 bits per heavy atom. The molecule has 126 valence electrons. The van der Waals surface area contributed by atoms with Gasteiger partial charge in [0.1, 0.15) is 0 Å². The number of hydrogen-bond acceptors (Lipinski definition) is 4. The molecule has 1 aromatic heterocycles. The molecule has 0 bridgehead atoms. The van der Waals surface area contributed by atoms with Crippen molar-refractivity contribution in [2.75, 3.05) is 23.3 Å². The molecular weight excluding hydrogens is 330 g/mol. The van der Waals surface area contributed by atoms with E-state index in [-0.39, 0.29) is 5.91 Å². The number of nitrogens with zero attached hydrogens (tertiary/aromatic N) is 2. The molecule has 1 aliphatic rings. The summed E-state index contributed by atoms with van der Waals surface area (Å²) in [6.07, 6.45) is 2.55. The number of hydrogen-bond donors (Lipinski definition) is 1. The maximum absolute atomic E-state index is 12.2. The lowest BCUT2D eigenvalue weighted by molar-refractivity contribution is 0.102. The fourth-order valence-electron chi connectivity index (χ4n) is 3.04. The first-order valence-electron chi connectivity index (χ1n) is 8.47. The lowest BCUT2D eigenvalue weighted by atomic mass is 10.1. The smallest absolute Gasteiger partial charge is 0.257 e. The monoisotopic (exact) mass is 349 g/mol. The van der Waals surface area contributed by atoms with Crippen molar-refractivity contribution in [1.82, 2.24) is 4.98 Å². The Morgan fingerprint density at radius 1 is 1.00 bits per heavy atom. The van der Waals surface area contributed by atoms with Gasteiger partial charge in [0, 0.05) is 35.3 Å². The number of rotatable bonds is 4. The molecule has 0 radical (unpaired) electrons. The van der Waals surface area contributed by atoms with Crippen LogP contribution in [0.25, 0.3) is 11.3 Å². The number of aromatic nitrogens is 1. The summed E-state index contributed by atoms with van der Waals surface area (Å²) in [5.74, 6) is -0.133. The van der Waals surface area contributed by atoms with Crippen molar-refractivity contribution in [2.24, 2.45) is 0 Å². The van der Waals surface area contributed by atoms with Crippen LogP contribution in [-0.4, -0.2) is 24.0 Å². The Kier molecular flexibility index (Phi) is 4.48. The third kappa shape index (κ3) is 3.56. The number of benzene rings is 2. The van der Waals surface area contributed by atoms with Crippen LogP contribution in [0.3, 0.4) is 0 Å². The zero-order valence-corrected chi connectivity index (χ0v) is 14.6. The number of anilines is 2. The minimum atomic E-state index is -0.133. The van der Waals surface area contributed by atoms with Gasteiger partial charge in [0.2, 0.25) is 0 Å². The molecule has 1 N–H and O–H groups in total. The molecule has 0 atom stereocenters. The number of carbonyl (C=O) groups is 1. The third-order valence-corrected chi connectivity index (χ3v) is 5.15. The highest BCUT2D eigenvalue weighted by atomic mass is 32.1. The molecule has 4 rings (SSSR count). The van der Waals surface area contributed by atoms with Gasteiger partial charge >= 0.3 is 0 Å². The van der Waals surface area contributed by atoms with Crippen molar-refractivity contribution in [3.05, 3.63) is 65.5 Å². The molecular formula is C20H19N3OS. The Balaban J connectivity index is 1.46. The highest BCUT2D eigenvalue weighted by Gasteiger charge is 2.13. The topological polar surface area (TPSA) is 45.2 Å². The average Bonchev–Trinajstić information content (AvgIpc) is 3.35. The van der Waals surface area contributed by atoms with Crippen molar-refractivity contribution in [3.8, 4) is 11.3 Å². The molecule has 1 amide bonds. The molecule has 1 aliphatic heterocycles. The van der Waals surface area contributed by atoms with Crippen LogP contribution in [0.15, 0.2) is 60.0 Å². The predicted octanol–water partition coefficient (Wildman–Crippen LogP) is 4.66. The van der Waals surface area contributed by atoms with Crippen LogP contribution < -0.4 is 10.2 Å². The number of thiazole rings is 1. The first-order chi connectivity index (χ1) is 12.3. The summed E-state index contributed by atoms with van der Waals surface area (Å²) in [4.78, 5) is 19.2. The van der Waals surface area contributed by atoms with Crippen molar-refractivity contribution >= 4 is 28.1 Å². The van der Waals surface area contributed by atoms with Crippen LogP contribution in [0.5, 0.6) is 0 Å². The van der Waals surface area contributed by atoms with Gasteiger partial charge in [-0.15, -0.1) is 11.3 Å². The van der Waals surface area contributed by atoms with Gasteiger partial charge in [0.15, 0.2) is 5.13 Å². The van der Waals surface area contributed by atoms with E-state index in [9.17, 15) is 4.79 Å². The van der Waals surface area contributed by atoms with Crippen LogP contribution >= 0.6 is 11.3 Å². The van der Waals surface area contributed by atoms with Crippen molar-refractivity contribution in [3.63, 3.8) is 0 Å². The summed E-state index contributed by atoms with van der Waals surface area (Å²) in [5, 5.41) is 5.46. The van der Waals surface area contributed by atoms with E-state index in [4.69, 9.17) is 0 Å². The maximum Gasteiger partial charge on any atom is 0.257 e. The van der Waals surface area contributed by atoms with Gasteiger partial charge in [-0.25, -0.2) is 4.98 Å². The van der Waals surface area contributed by atoms with Gasteiger partial charge in [0.05, 0.1) is 5.69 Å². The molecule has 0 spiro atoms. The Morgan fingerprint density at radius 3 is 2.44 bits per heavy atom. The summed E-state index contributed by atoms with van der Waals surface area (Å²) in [5.41, 5.74) is 3.86. The van der Waals surface area contributed by atoms with Crippen molar-refractivity contribution in [1.29, 1.82) is 0 Å². The molecule has 1 fully saturated rings. The summed E-state index contributed by atoms with van der Waals surface area (Å²) in [7, 11) is 0. The van der Waals surface area contributed by atoms with E-state index in [2.05, 4.69) is 39.5 Å². The van der Waals surface area contributed by atoms with Crippen LogP contribution in [0.2, 0.25) is 0 Å². The SMILES string of the molecule is O=C(Nc1nc(-c2ccc(N3CCCC3)cc2)cs1)c1ccccc1. The highest BCUT2D eigenvalue weighted by Crippen LogP contribution is 2.28. The van der Waals surface area contributed by atoms with Crippen LogP contribution in [0.1, 0.15) is 23.2 Å². The van der Waals surface area contributed by atoms with E-state index in [1.165, 1.54) is 29.9 Å². The Hall–Kier alpha value is -2.66. The highest BCUT2D eigenvalue weighted by molar-refractivity contribution is 7.14. The second-order valence-corrected chi connectivity index (χ2v) is 6.96. The van der Waals surface area contributed by atoms with Gasteiger partial charge in [-0.05, 0) is 37.1 Å². The van der Waals surface area contributed by atoms with Gasteiger partial charge in [-0.3, -0.25) is 10.1 Å². The molecule has 2 heterocycles. The molecule has 4 nitrogen and oxygen atoms in total. The summed E-state index contributed by atoms with van der Waals surface area (Å²) >= 11 is 1.44. The van der Waals surface area contributed by atoms with Crippen LogP contribution in [0.4, 0.5) is 10.8 Å². The lowest BCUT2D eigenvalue weighted by Crippen LogP contribution is -2.17. The van der Waals surface area contributed by atoms with E-state index in [1.807, 2.05) is 23.6 Å². The van der Waals surface area contributed by atoms with E-state index in [0.717, 1.165) is 24.3 Å². The zero-order valence-electron chi connectivity index (χ0n) is 13.8. The molecule has 0 unspecified atom stereocenters. The number of amides is 1. The molecule has 5 heteroatoms. The molecule has 3 aromatic rings. The molecule has 1 saturated heterocycles. The van der Waals surface area contributed by atoms with Gasteiger partial charge < -0.3 is 4.90 Å². The minimum absolute atomic E-state index is 0.133. The van der Waals surface area contributed by atoms with Crippen LogP contribution in [0, 0.1) is 0 Å². The standard InChI is InChI=1S/C20H19N3OS/c24-19(16-6-2-1-3-7-16)22-20-21-18(14-25-20)15-8-10-17(11-9-15)23-12-4-5-13-23/h1-3,6-11,14H,4-5,12-13H2,(H,21,22,24). The van der Waals surface area contributed by atoms with Crippen molar-refractivity contribution in [2.45, 2.75) is 12.8 Å². The number of carbonyl (C=O) groups excluding carboxylic acids is 1. The Bertz CT molecular complexity index is 852. The quantitative estimate of drug-likeness (QED) is 0.745. The van der Waals surface area contributed by atoms with Gasteiger partial charge in [-0.2, -0.15) is 0 Å². The zero-order chi connectivity index (χ0) is 17.1. The molecule has 0 saturated carbocycles. The van der Waals surface area contributed by atoms with Gasteiger partial charge in [0.25, 0.3) is 5.91 Å². The van der Waals surface area contributed by atoms with E-state index in [0.29, 0.717) is 10.7 Å². The second-order valence-electron chi connectivity index (χ2n) is 6.10. The largest absolute Gasteiger partial charge is 0.372 e.